The number of phosphoric acid groups is 1. The van der Waals surface area contributed by atoms with Crippen LogP contribution in [0.4, 0.5) is 0 Å². The van der Waals surface area contributed by atoms with Crippen LogP contribution in [0.2, 0.25) is 0 Å². The lowest BCUT2D eigenvalue weighted by Crippen LogP contribution is -2.30. The molecule has 446 valence electrons. The number of hydrogen-bond acceptors (Lipinski definition) is 10. The number of aliphatic hydroxyl groups excluding tert-OH is 1. The Labute approximate surface area is 475 Å². The average Bonchev–Trinajstić information content (AvgIpc) is 3.43. The first-order valence-electron chi connectivity index (χ1n) is 30.8. The van der Waals surface area contributed by atoms with Crippen molar-refractivity contribution in [1.29, 1.82) is 0 Å². The number of rotatable bonds is 56. The van der Waals surface area contributed by atoms with Crippen LogP contribution >= 0.6 is 7.82 Å². The van der Waals surface area contributed by atoms with E-state index in [1.54, 1.807) is 0 Å². The van der Waals surface area contributed by atoms with Gasteiger partial charge in [-0.25, -0.2) is 4.57 Å². The molecule has 0 saturated heterocycles. The summed E-state index contributed by atoms with van der Waals surface area (Å²) in [5, 5.41) is 9.84. The fourth-order valence-electron chi connectivity index (χ4n) is 7.97. The van der Waals surface area contributed by atoms with Crippen LogP contribution in [-0.2, 0) is 42.2 Å². The molecule has 0 radical (unpaired) electrons. The molecule has 0 aliphatic heterocycles. The van der Waals surface area contributed by atoms with Crippen molar-refractivity contribution >= 4 is 25.7 Å². The number of hydrogen-bond donors (Lipinski definition) is 2. The van der Waals surface area contributed by atoms with Gasteiger partial charge in [0.2, 0.25) is 0 Å². The van der Waals surface area contributed by atoms with Gasteiger partial charge < -0.3 is 24.2 Å². The molecule has 12 heteroatoms. The monoisotopic (exact) mass is 1110 g/mol. The average molecular weight is 1110 g/mol. The summed E-state index contributed by atoms with van der Waals surface area (Å²) in [7, 11) is -4.77. The van der Waals surface area contributed by atoms with E-state index in [0.717, 1.165) is 141 Å². The Morgan fingerprint density at radius 3 is 1.08 bits per heavy atom. The lowest BCUT2D eigenvalue weighted by Gasteiger charge is -2.21. The van der Waals surface area contributed by atoms with Gasteiger partial charge in [0.25, 0.3) is 0 Å². The van der Waals surface area contributed by atoms with Crippen molar-refractivity contribution in [3.8, 4) is 0 Å². The van der Waals surface area contributed by atoms with Crippen molar-refractivity contribution < 1.29 is 52.2 Å². The minimum absolute atomic E-state index is 0.121. The van der Waals surface area contributed by atoms with E-state index in [9.17, 15) is 28.9 Å². The summed E-state index contributed by atoms with van der Waals surface area (Å²) in [5.74, 6) is -1.53. The molecule has 11 nitrogen and oxygen atoms in total. The molecule has 0 bridgehead atoms. The molecular weight excluding hydrogens is 1000 g/mol. The third-order valence-electron chi connectivity index (χ3n) is 12.6. The number of aliphatic hydroxyl groups is 1. The molecule has 0 spiro atoms. The van der Waals surface area contributed by atoms with E-state index in [1.165, 1.54) is 51.4 Å². The lowest BCUT2D eigenvalue weighted by atomic mass is 10.1. The van der Waals surface area contributed by atoms with Gasteiger partial charge in [-0.1, -0.05) is 214 Å². The lowest BCUT2D eigenvalue weighted by molar-refractivity contribution is -0.161. The molecule has 0 aromatic carbocycles. The summed E-state index contributed by atoms with van der Waals surface area (Å²) in [6.45, 7) is 4.43. The van der Waals surface area contributed by atoms with Gasteiger partial charge in [0, 0.05) is 19.3 Å². The van der Waals surface area contributed by atoms with Crippen molar-refractivity contribution in [2.75, 3.05) is 26.4 Å². The van der Waals surface area contributed by atoms with Gasteiger partial charge in [-0.3, -0.25) is 23.4 Å². The largest absolute Gasteiger partial charge is 0.472 e. The highest BCUT2D eigenvalue weighted by molar-refractivity contribution is 7.47. The van der Waals surface area contributed by atoms with Crippen LogP contribution < -0.4 is 0 Å². The molecule has 0 saturated carbocycles. The van der Waals surface area contributed by atoms with E-state index in [2.05, 4.69) is 130 Å². The number of phosphoric ester groups is 1. The van der Waals surface area contributed by atoms with Crippen LogP contribution in [-0.4, -0.2) is 66.5 Å². The predicted octanol–water partition coefficient (Wildman–Crippen LogP) is 18.6. The van der Waals surface area contributed by atoms with E-state index in [-0.39, 0.29) is 25.9 Å². The molecular formula is C66H111O11P. The maximum Gasteiger partial charge on any atom is 0.472 e. The molecule has 3 atom stereocenters. The number of esters is 3. The second-order valence-corrected chi connectivity index (χ2v) is 21.6. The highest BCUT2D eigenvalue weighted by Crippen LogP contribution is 2.43. The Morgan fingerprint density at radius 2 is 0.667 bits per heavy atom. The van der Waals surface area contributed by atoms with E-state index in [0.29, 0.717) is 19.3 Å². The van der Waals surface area contributed by atoms with Crippen molar-refractivity contribution in [3.63, 3.8) is 0 Å². The first-order valence-corrected chi connectivity index (χ1v) is 32.3. The second-order valence-electron chi connectivity index (χ2n) is 20.1. The summed E-state index contributed by atoms with van der Waals surface area (Å²) in [5.41, 5.74) is 0. The molecule has 2 N–H and O–H groups in total. The van der Waals surface area contributed by atoms with E-state index in [1.807, 2.05) is 0 Å². The topological polar surface area (TPSA) is 155 Å². The van der Waals surface area contributed by atoms with Gasteiger partial charge in [-0.05, 0) is 128 Å². The van der Waals surface area contributed by atoms with Crippen molar-refractivity contribution in [2.24, 2.45) is 0 Å². The molecule has 0 amide bonds. The van der Waals surface area contributed by atoms with Crippen molar-refractivity contribution in [1.82, 2.24) is 0 Å². The first-order chi connectivity index (χ1) is 38.2. The first kappa shape index (κ1) is 74.1. The normalized spacial score (nSPS) is 14.1. The van der Waals surface area contributed by atoms with Crippen LogP contribution in [0.15, 0.2) is 109 Å². The molecule has 0 heterocycles. The number of allylic oxidation sites excluding steroid dienone is 18. The summed E-state index contributed by atoms with van der Waals surface area (Å²) >= 11 is 0. The van der Waals surface area contributed by atoms with Gasteiger partial charge in [0.15, 0.2) is 6.10 Å². The minimum atomic E-state index is -4.77. The molecule has 0 aromatic rings. The highest BCUT2D eigenvalue weighted by Gasteiger charge is 2.28. The smallest absolute Gasteiger partial charge is 0.462 e. The van der Waals surface area contributed by atoms with Gasteiger partial charge in [-0.2, -0.15) is 0 Å². The van der Waals surface area contributed by atoms with Gasteiger partial charge >= 0.3 is 25.7 Å². The fraction of sp³-hybridized carbons (Fsp3) is 0.682. The number of carbonyl (C=O) groups is 3. The highest BCUT2D eigenvalue weighted by atomic mass is 31.2. The Morgan fingerprint density at radius 1 is 0.372 bits per heavy atom. The quantitative estimate of drug-likeness (QED) is 0.0197. The Balaban J connectivity index is 4.76. The zero-order chi connectivity index (χ0) is 56.9. The Kier molecular flexibility index (Phi) is 56.3. The van der Waals surface area contributed by atoms with E-state index < -0.39 is 57.8 Å². The molecule has 0 fully saturated rings. The summed E-state index contributed by atoms with van der Waals surface area (Å²) < 4.78 is 39.6. The van der Waals surface area contributed by atoms with E-state index in [4.69, 9.17) is 23.3 Å². The van der Waals surface area contributed by atoms with Crippen molar-refractivity contribution in [2.45, 2.75) is 264 Å². The Hall–Kier alpha value is -3.86. The second kappa shape index (κ2) is 59.3. The summed E-state index contributed by atoms with van der Waals surface area (Å²) in [6, 6.07) is 0. The standard InChI is InChI=1S/C66H111O11P/c1-4-7-10-13-16-19-22-25-27-29-31-33-35-38-41-44-47-50-53-56-65(69)76-62(58-67)60-74-78(71,72)75-61-63(59-73-64(68)55-52-49-46-43-40-37-24-21-18-15-12-9-6-3)77-66(70)57-54-51-48-45-42-39-36-34-32-30-28-26-23-20-17-14-11-8-5-2/h8,11,16-17,19-21,24-28,31-34,39,42,62-63,67H,4-7,9-10,12-15,18,22-23,29-30,35-38,40-41,43-61H2,1-3H3,(H,71,72)/b11-8-,19-16-,20-17-,24-21-,27-25-,28-26-,33-31-,34-32-,42-39-. The zero-order valence-electron chi connectivity index (χ0n) is 49.3. The Bertz CT molecular complexity index is 1720. The summed E-state index contributed by atoms with van der Waals surface area (Å²) in [4.78, 5) is 48.6. The number of unbranched alkanes of at least 4 members (excludes halogenated alkanes) is 21. The maximum atomic E-state index is 12.9. The van der Waals surface area contributed by atoms with Crippen LogP contribution in [0.5, 0.6) is 0 Å². The van der Waals surface area contributed by atoms with Crippen LogP contribution in [0, 0.1) is 0 Å². The van der Waals surface area contributed by atoms with Gasteiger partial charge in [-0.15, -0.1) is 0 Å². The number of carbonyl (C=O) groups excluding carboxylic acids is 3. The van der Waals surface area contributed by atoms with Crippen molar-refractivity contribution in [3.05, 3.63) is 109 Å². The molecule has 0 aliphatic carbocycles. The molecule has 78 heavy (non-hydrogen) atoms. The minimum Gasteiger partial charge on any atom is -0.462 e. The number of ether oxygens (including phenoxy) is 3. The van der Waals surface area contributed by atoms with Crippen LogP contribution in [0.1, 0.15) is 252 Å². The summed E-state index contributed by atoms with van der Waals surface area (Å²) in [6.07, 6.45) is 71.8. The fourth-order valence-corrected chi connectivity index (χ4v) is 8.76. The third-order valence-corrected chi connectivity index (χ3v) is 13.6. The zero-order valence-corrected chi connectivity index (χ0v) is 50.2. The third kappa shape index (κ3) is 56.8. The van der Waals surface area contributed by atoms with Crippen LogP contribution in [0.3, 0.4) is 0 Å². The molecule has 0 aromatic heterocycles. The predicted molar refractivity (Wildman–Crippen MR) is 325 cm³/mol. The molecule has 0 rings (SSSR count). The van der Waals surface area contributed by atoms with Crippen LogP contribution in [0.25, 0.3) is 0 Å². The van der Waals surface area contributed by atoms with E-state index >= 15 is 0 Å². The molecule has 3 unspecified atom stereocenters. The van der Waals surface area contributed by atoms with Gasteiger partial charge in [0.1, 0.15) is 12.7 Å². The SMILES string of the molecule is CC/C=C\C/C=C\C/C=C\C/C=C\C/C=C\CCCCCC(=O)OC(COC(=O)CCCCCCC/C=C\CCCCCC)COP(=O)(O)OCC(CO)OC(=O)CCCCCCCC/C=C\C/C=C\C/C=C\CCCCC. The molecule has 0 aliphatic rings. The maximum absolute atomic E-state index is 12.9. The van der Waals surface area contributed by atoms with Gasteiger partial charge in [0.05, 0.1) is 19.8 Å².